The van der Waals surface area contributed by atoms with Gasteiger partial charge in [0.05, 0.1) is 6.61 Å². The molecule has 3 rings (SSSR count). The number of carbonyl (C=O) groups is 1. The van der Waals surface area contributed by atoms with E-state index >= 15 is 0 Å². The number of carbonyl (C=O) groups excluding carboxylic acids is 1. The number of hydrogen-bond donors (Lipinski definition) is 0. The van der Waals surface area contributed by atoms with Gasteiger partial charge in [-0.1, -0.05) is 30.3 Å². The third kappa shape index (κ3) is 3.13. The fraction of sp³-hybridized carbons (Fsp3) is 0.278. The third-order valence-corrected chi connectivity index (χ3v) is 4.67. The van der Waals surface area contributed by atoms with Crippen LogP contribution >= 0.6 is 11.8 Å². The summed E-state index contributed by atoms with van der Waals surface area (Å²) >= 11 is 1.69. The fourth-order valence-corrected chi connectivity index (χ4v) is 3.15. The van der Waals surface area contributed by atoms with E-state index in [1.165, 1.54) is 4.90 Å². The molecule has 0 amide bonds. The SMILES string of the molecule is CSc1ccc(C(=O)CC2CCOc3ccccc32)cc1. The van der Waals surface area contributed by atoms with E-state index in [1.54, 1.807) is 11.8 Å². The molecule has 0 aliphatic carbocycles. The molecular weight excluding hydrogens is 280 g/mol. The highest BCUT2D eigenvalue weighted by atomic mass is 32.2. The second kappa shape index (κ2) is 6.35. The minimum absolute atomic E-state index is 0.212. The van der Waals surface area contributed by atoms with Crippen LogP contribution in [0.5, 0.6) is 5.75 Å². The van der Waals surface area contributed by atoms with E-state index < -0.39 is 0 Å². The third-order valence-electron chi connectivity index (χ3n) is 3.93. The largest absolute Gasteiger partial charge is 0.493 e. The number of ketones is 1. The molecule has 1 unspecified atom stereocenters. The van der Waals surface area contributed by atoms with Crippen LogP contribution < -0.4 is 4.74 Å². The summed E-state index contributed by atoms with van der Waals surface area (Å²) in [6, 6.07) is 15.9. The second-order valence-corrected chi connectivity index (χ2v) is 6.11. The van der Waals surface area contributed by atoms with Crippen LogP contribution in [-0.4, -0.2) is 18.6 Å². The monoisotopic (exact) mass is 298 g/mol. The van der Waals surface area contributed by atoms with Crippen LogP contribution in [0.25, 0.3) is 0 Å². The molecule has 2 aromatic carbocycles. The Labute approximate surface area is 129 Å². The standard InChI is InChI=1S/C18H18O2S/c1-21-15-8-6-13(7-9-15)17(19)12-14-10-11-20-18-5-3-2-4-16(14)18/h2-9,14H,10-12H2,1H3. The van der Waals surface area contributed by atoms with E-state index in [9.17, 15) is 4.79 Å². The van der Waals surface area contributed by atoms with Crippen molar-refractivity contribution in [3.05, 3.63) is 59.7 Å². The number of fused-ring (bicyclic) bond motifs is 1. The van der Waals surface area contributed by atoms with Crippen LogP contribution in [-0.2, 0) is 0 Å². The smallest absolute Gasteiger partial charge is 0.163 e. The molecule has 0 saturated carbocycles. The second-order valence-electron chi connectivity index (χ2n) is 5.23. The Morgan fingerprint density at radius 2 is 1.95 bits per heavy atom. The zero-order chi connectivity index (χ0) is 14.7. The van der Waals surface area contributed by atoms with Crippen LogP contribution in [0, 0.1) is 0 Å². The van der Waals surface area contributed by atoms with Crippen LogP contribution in [0.15, 0.2) is 53.4 Å². The average Bonchev–Trinajstić information content (AvgIpc) is 2.55. The van der Waals surface area contributed by atoms with Gasteiger partial charge in [0.2, 0.25) is 0 Å². The molecule has 0 saturated heterocycles. The molecule has 1 heterocycles. The molecule has 1 atom stereocenters. The highest BCUT2D eigenvalue weighted by Gasteiger charge is 2.23. The summed E-state index contributed by atoms with van der Waals surface area (Å²) in [6.45, 7) is 0.695. The number of Topliss-reactive ketones (excluding diaryl/α,β-unsaturated/α-hetero) is 1. The molecule has 0 fully saturated rings. The first-order chi connectivity index (χ1) is 10.3. The van der Waals surface area contributed by atoms with Crippen molar-refractivity contribution in [2.45, 2.75) is 23.7 Å². The van der Waals surface area contributed by atoms with Crippen LogP contribution in [0.2, 0.25) is 0 Å². The first-order valence-corrected chi connectivity index (χ1v) is 8.39. The Balaban J connectivity index is 1.76. The van der Waals surface area contributed by atoms with Gasteiger partial charge in [0.1, 0.15) is 5.75 Å². The van der Waals surface area contributed by atoms with E-state index in [-0.39, 0.29) is 11.7 Å². The highest BCUT2D eigenvalue weighted by molar-refractivity contribution is 7.98. The van der Waals surface area contributed by atoms with Gasteiger partial charge >= 0.3 is 0 Å². The first-order valence-electron chi connectivity index (χ1n) is 7.17. The molecule has 108 valence electrons. The van der Waals surface area contributed by atoms with Crippen LogP contribution in [0.1, 0.15) is 34.7 Å². The summed E-state index contributed by atoms with van der Waals surface area (Å²) in [5.74, 6) is 1.41. The van der Waals surface area contributed by atoms with Gasteiger partial charge < -0.3 is 4.74 Å². The lowest BCUT2D eigenvalue weighted by molar-refractivity contribution is 0.0966. The minimum Gasteiger partial charge on any atom is -0.493 e. The lowest BCUT2D eigenvalue weighted by Crippen LogP contribution is -2.17. The number of hydrogen-bond acceptors (Lipinski definition) is 3. The predicted octanol–water partition coefficient (Wildman–Crippen LogP) is 4.55. The van der Waals surface area contributed by atoms with Crippen LogP contribution in [0.3, 0.4) is 0 Å². The molecular formula is C18H18O2S. The zero-order valence-electron chi connectivity index (χ0n) is 12.0. The molecule has 0 N–H and O–H groups in total. The van der Waals surface area contributed by atoms with Crippen molar-refractivity contribution >= 4 is 17.5 Å². The van der Waals surface area contributed by atoms with E-state index in [2.05, 4.69) is 6.07 Å². The van der Waals surface area contributed by atoms with Gasteiger partial charge in [-0.05, 0) is 42.4 Å². The molecule has 0 spiro atoms. The van der Waals surface area contributed by atoms with Gasteiger partial charge in [0.25, 0.3) is 0 Å². The van der Waals surface area contributed by atoms with Crippen molar-refractivity contribution in [1.82, 2.24) is 0 Å². The summed E-state index contributed by atoms with van der Waals surface area (Å²) in [5.41, 5.74) is 1.97. The average molecular weight is 298 g/mol. The van der Waals surface area contributed by atoms with E-state index in [1.807, 2.05) is 48.7 Å². The van der Waals surface area contributed by atoms with Gasteiger partial charge in [-0.15, -0.1) is 11.8 Å². The maximum Gasteiger partial charge on any atom is 0.163 e. The van der Waals surface area contributed by atoms with Gasteiger partial charge in [0.15, 0.2) is 5.78 Å². The van der Waals surface area contributed by atoms with E-state index in [0.717, 1.165) is 23.3 Å². The molecule has 2 aromatic rings. The molecule has 1 aliphatic heterocycles. The molecule has 2 nitrogen and oxygen atoms in total. The maximum atomic E-state index is 12.5. The van der Waals surface area contributed by atoms with Gasteiger partial charge in [0, 0.05) is 16.9 Å². The summed E-state index contributed by atoms with van der Waals surface area (Å²) in [5, 5.41) is 0. The topological polar surface area (TPSA) is 26.3 Å². The summed E-state index contributed by atoms with van der Waals surface area (Å²) in [4.78, 5) is 13.7. The number of para-hydroxylation sites is 1. The van der Waals surface area contributed by atoms with Crippen molar-refractivity contribution in [3.63, 3.8) is 0 Å². The summed E-state index contributed by atoms with van der Waals surface area (Å²) in [6.07, 6.45) is 3.50. The van der Waals surface area contributed by atoms with Gasteiger partial charge in [-0.25, -0.2) is 0 Å². The Morgan fingerprint density at radius 3 is 2.71 bits per heavy atom. The Bertz CT molecular complexity index is 634. The first kappa shape index (κ1) is 14.2. The lowest BCUT2D eigenvalue weighted by Gasteiger charge is -2.25. The number of ether oxygens (including phenoxy) is 1. The predicted molar refractivity (Wildman–Crippen MR) is 86.5 cm³/mol. The lowest BCUT2D eigenvalue weighted by atomic mass is 9.87. The molecule has 0 aromatic heterocycles. The van der Waals surface area contributed by atoms with Crippen molar-refractivity contribution in [2.24, 2.45) is 0 Å². The number of benzene rings is 2. The number of thioether (sulfide) groups is 1. The van der Waals surface area contributed by atoms with Crippen molar-refractivity contribution in [3.8, 4) is 5.75 Å². The molecule has 21 heavy (non-hydrogen) atoms. The normalized spacial score (nSPS) is 16.9. The Hall–Kier alpha value is -1.74. The fourth-order valence-electron chi connectivity index (χ4n) is 2.75. The van der Waals surface area contributed by atoms with Crippen molar-refractivity contribution in [2.75, 3.05) is 12.9 Å². The Morgan fingerprint density at radius 1 is 1.19 bits per heavy atom. The number of rotatable bonds is 4. The van der Waals surface area contributed by atoms with Crippen molar-refractivity contribution < 1.29 is 9.53 Å². The molecule has 0 bridgehead atoms. The van der Waals surface area contributed by atoms with Gasteiger partial charge in [-0.3, -0.25) is 4.79 Å². The van der Waals surface area contributed by atoms with E-state index in [0.29, 0.717) is 13.0 Å². The maximum absolute atomic E-state index is 12.5. The summed E-state index contributed by atoms with van der Waals surface area (Å²) in [7, 11) is 0. The quantitative estimate of drug-likeness (QED) is 0.612. The zero-order valence-corrected chi connectivity index (χ0v) is 12.9. The summed E-state index contributed by atoms with van der Waals surface area (Å²) < 4.78 is 5.66. The minimum atomic E-state index is 0.212. The Kier molecular flexibility index (Phi) is 4.30. The van der Waals surface area contributed by atoms with Gasteiger partial charge in [-0.2, -0.15) is 0 Å². The molecule has 0 radical (unpaired) electrons. The molecule has 3 heteroatoms. The molecule has 1 aliphatic rings. The highest BCUT2D eigenvalue weighted by Crippen LogP contribution is 2.36. The van der Waals surface area contributed by atoms with Crippen molar-refractivity contribution in [1.29, 1.82) is 0 Å². The van der Waals surface area contributed by atoms with Crippen LogP contribution in [0.4, 0.5) is 0 Å². The van der Waals surface area contributed by atoms with E-state index in [4.69, 9.17) is 4.74 Å².